The van der Waals surface area contributed by atoms with Gasteiger partial charge in [-0.15, -0.1) is 0 Å². The maximum absolute atomic E-state index is 12.2. The number of rotatable bonds is 6. The maximum atomic E-state index is 12.2. The number of halogens is 1. The van der Waals surface area contributed by atoms with Crippen molar-refractivity contribution in [2.45, 2.75) is 7.43 Å². The van der Waals surface area contributed by atoms with Crippen LogP contribution in [0.15, 0.2) is 112 Å². The Labute approximate surface area is 249 Å². The van der Waals surface area contributed by atoms with Crippen molar-refractivity contribution >= 4 is 68.3 Å². The van der Waals surface area contributed by atoms with Gasteiger partial charge in [-0.3, -0.25) is 9.59 Å². The number of ketones is 2. The van der Waals surface area contributed by atoms with E-state index in [9.17, 15) is 19.2 Å². The van der Waals surface area contributed by atoms with Crippen LogP contribution in [0.25, 0.3) is 0 Å². The zero-order valence-electron chi connectivity index (χ0n) is 20.3. The fraction of sp³-hybridized carbons (Fsp3) is 0.0345. The molecule has 0 aromatic heterocycles. The SMILES string of the molecule is C.O=C(O)c1ccccc1C(=O)c1cccc(Br)c1.O=C(O)c1ccccc1C(=O)c1ccccc1.[B].[B]=NS. The molecule has 11 heteroatoms. The first-order valence-electron chi connectivity index (χ1n) is 10.8. The first kappa shape index (κ1) is 35.9. The standard InChI is InChI=1S/C14H9BrO3.C14H10O3.CH4.BHNS.B/c15-10-5-3-4-9(8-10)13(16)11-6-1-2-7-12(11)14(17)18;15-13(10-6-2-1-3-7-10)11-8-4-5-9-12(11)14(16)17;;1-2-3;/h1-8H,(H,17,18);1-9H,(H,16,17);1H4;3H;. The molecule has 0 heterocycles. The molecular weight excluding hydrogens is 592 g/mol. The molecule has 0 atom stereocenters. The van der Waals surface area contributed by atoms with Crippen LogP contribution < -0.4 is 0 Å². The van der Waals surface area contributed by atoms with E-state index in [4.69, 9.17) is 10.2 Å². The molecule has 4 aromatic carbocycles. The van der Waals surface area contributed by atoms with Gasteiger partial charge in [0.05, 0.1) is 11.1 Å². The first-order chi connectivity index (χ1) is 18.2. The molecule has 0 bridgehead atoms. The van der Waals surface area contributed by atoms with Gasteiger partial charge in [0.15, 0.2) is 11.6 Å². The van der Waals surface area contributed by atoms with Crippen LogP contribution >= 0.6 is 28.7 Å². The Bertz CT molecular complexity index is 1470. The van der Waals surface area contributed by atoms with Gasteiger partial charge >= 0.3 is 36.7 Å². The minimum atomic E-state index is -1.10. The molecule has 0 amide bonds. The summed E-state index contributed by atoms with van der Waals surface area (Å²) in [5, 5.41) is 18.1. The van der Waals surface area contributed by atoms with E-state index in [-0.39, 0.29) is 49.7 Å². The van der Waals surface area contributed by atoms with Crippen LogP contribution in [-0.4, -0.2) is 49.8 Å². The quantitative estimate of drug-likeness (QED) is 0.131. The number of hydrogen-bond donors (Lipinski definition) is 3. The fourth-order valence-electron chi connectivity index (χ4n) is 3.27. The van der Waals surface area contributed by atoms with Crippen molar-refractivity contribution in [1.82, 2.24) is 0 Å². The van der Waals surface area contributed by atoms with Gasteiger partial charge in [0, 0.05) is 35.1 Å². The van der Waals surface area contributed by atoms with E-state index in [2.05, 4.69) is 40.7 Å². The van der Waals surface area contributed by atoms with Crippen LogP contribution in [0.4, 0.5) is 0 Å². The summed E-state index contributed by atoms with van der Waals surface area (Å²) in [6.45, 7) is 0. The predicted octanol–water partition coefficient (Wildman–Crippen LogP) is 6.43. The Morgan fingerprint density at radius 2 is 0.975 bits per heavy atom. The van der Waals surface area contributed by atoms with Gasteiger partial charge in [-0.1, -0.05) is 102 Å². The third-order valence-electron chi connectivity index (χ3n) is 4.93. The van der Waals surface area contributed by atoms with Gasteiger partial charge < -0.3 is 10.2 Å². The molecule has 7 nitrogen and oxygen atoms in total. The third kappa shape index (κ3) is 10.2. The second-order valence-corrected chi connectivity index (χ2v) is 8.50. The molecule has 0 aliphatic rings. The summed E-state index contributed by atoms with van der Waals surface area (Å²) in [6, 6.07) is 27.9. The molecule has 0 fully saturated rings. The fourth-order valence-corrected chi connectivity index (χ4v) is 3.66. The Morgan fingerprint density at radius 1 is 0.625 bits per heavy atom. The van der Waals surface area contributed by atoms with Crippen LogP contribution in [0.3, 0.4) is 0 Å². The van der Waals surface area contributed by atoms with E-state index < -0.39 is 11.9 Å². The van der Waals surface area contributed by atoms with E-state index in [0.717, 1.165) is 4.47 Å². The second kappa shape index (κ2) is 18.3. The molecule has 0 aliphatic carbocycles. The summed E-state index contributed by atoms with van der Waals surface area (Å²) in [6.07, 6.45) is 0. The van der Waals surface area contributed by atoms with Crippen molar-refractivity contribution in [1.29, 1.82) is 0 Å². The number of carboxylic acids is 2. The number of aromatic carboxylic acids is 2. The zero-order chi connectivity index (χ0) is 28.1. The van der Waals surface area contributed by atoms with Crippen LogP contribution in [0.5, 0.6) is 0 Å². The summed E-state index contributed by atoms with van der Waals surface area (Å²) >= 11 is 6.47. The van der Waals surface area contributed by atoms with Gasteiger partial charge in [-0.05, 0) is 24.3 Å². The molecule has 4 radical (unpaired) electrons. The number of carboxylic acid groups (broad SMARTS) is 2. The van der Waals surface area contributed by atoms with Gasteiger partial charge in [-0.25, -0.2) is 9.59 Å². The minimum absolute atomic E-state index is 0. The molecule has 0 spiro atoms. The molecule has 4 aromatic rings. The average Bonchev–Trinajstić information content (AvgIpc) is 2.93. The summed E-state index contributed by atoms with van der Waals surface area (Å²) in [5.74, 6) is -2.77. The van der Waals surface area contributed by atoms with Crippen LogP contribution in [0.1, 0.15) is 60.0 Å². The van der Waals surface area contributed by atoms with Crippen LogP contribution in [0.2, 0.25) is 0 Å². The summed E-state index contributed by atoms with van der Waals surface area (Å²) < 4.78 is 3.47. The number of nitrogens with zero attached hydrogens (tertiary/aromatic N) is 1. The van der Waals surface area contributed by atoms with Crippen molar-refractivity contribution in [3.05, 3.63) is 141 Å². The van der Waals surface area contributed by atoms with Gasteiger partial charge in [0.2, 0.25) is 0 Å². The van der Waals surface area contributed by atoms with Crippen molar-refractivity contribution in [2.75, 3.05) is 0 Å². The topological polar surface area (TPSA) is 121 Å². The molecule has 0 saturated heterocycles. The van der Waals surface area contributed by atoms with E-state index >= 15 is 0 Å². The van der Waals surface area contributed by atoms with Crippen LogP contribution in [-0.2, 0) is 0 Å². The van der Waals surface area contributed by atoms with Gasteiger partial charge in [0.1, 0.15) is 0 Å². The van der Waals surface area contributed by atoms with E-state index in [0.29, 0.717) is 11.1 Å². The van der Waals surface area contributed by atoms with Crippen molar-refractivity contribution in [3.8, 4) is 0 Å². The predicted molar refractivity (Wildman–Crippen MR) is 164 cm³/mol. The van der Waals surface area contributed by atoms with E-state index in [1.54, 1.807) is 78.9 Å². The Hall–Kier alpha value is -4.08. The number of thiol groups is 1. The number of benzene rings is 4. The molecule has 2 N–H and O–H groups in total. The normalized spacial score (nSPS) is 9.03. The number of carbonyl (C=O) groups is 4. The monoisotopic (exact) mass is 615 g/mol. The Balaban J connectivity index is 0.000000663. The summed E-state index contributed by atoms with van der Waals surface area (Å²) in [7, 11) is 4.34. The van der Waals surface area contributed by atoms with Crippen molar-refractivity contribution in [3.63, 3.8) is 0 Å². The molecule has 0 unspecified atom stereocenters. The van der Waals surface area contributed by atoms with Crippen molar-refractivity contribution in [2.24, 2.45) is 4.30 Å². The number of carbonyl (C=O) groups excluding carboxylic acids is 2. The van der Waals surface area contributed by atoms with E-state index in [1.165, 1.54) is 24.3 Å². The Morgan fingerprint density at radius 3 is 1.38 bits per heavy atom. The van der Waals surface area contributed by atoms with Crippen LogP contribution in [0, 0.1) is 0 Å². The van der Waals surface area contributed by atoms with Crippen molar-refractivity contribution < 1.29 is 29.4 Å². The third-order valence-corrected chi connectivity index (χ3v) is 5.42. The second-order valence-electron chi connectivity index (χ2n) is 7.35. The zero-order valence-corrected chi connectivity index (χ0v) is 22.7. The molecule has 0 aliphatic heterocycles. The Kier molecular flexibility index (Phi) is 16.4. The average molecular weight is 616 g/mol. The molecule has 4 rings (SSSR count). The summed E-state index contributed by atoms with van der Waals surface area (Å²) in [4.78, 5) is 46.4. The summed E-state index contributed by atoms with van der Waals surface area (Å²) in [5.41, 5.74) is 1.40. The molecular formula is C29H24B2BrNO6S. The van der Waals surface area contributed by atoms with Gasteiger partial charge in [-0.2, -0.15) is 0 Å². The molecule has 200 valence electrons. The van der Waals surface area contributed by atoms with E-state index in [1.807, 2.05) is 0 Å². The molecule has 0 saturated carbocycles. The first-order valence-corrected chi connectivity index (χ1v) is 12.0. The molecule has 40 heavy (non-hydrogen) atoms. The van der Waals surface area contributed by atoms with Gasteiger partial charge in [0.25, 0.3) is 0 Å². The number of hydrogen-bond acceptors (Lipinski definition) is 6.